The van der Waals surface area contributed by atoms with Crippen molar-refractivity contribution in [2.24, 2.45) is 0 Å². The van der Waals surface area contributed by atoms with Gasteiger partial charge in [0.25, 0.3) is 5.91 Å². The summed E-state index contributed by atoms with van der Waals surface area (Å²) in [6, 6.07) is 10.9. The van der Waals surface area contributed by atoms with Crippen molar-refractivity contribution in [2.75, 3.05) is 6.54 Å². The molecule has 6 nitrogen and oxygen atoms in total. The number of aromatic nitrogens is 3. The van der Waals surface area contributed by atoms with Gasteiger partial charge in [-0.1, -0.05) is 18.2 Å². The Bertz CT molecular complexity index is 863. The minimum Gasteiger partial charge on any atom is -0.387 e. The molecule has 2 aromatic heterocycles. The lowest BCUT2D eigenvalue weighted by molar-refractivity contribution is 0.0915. The summed E-state index contributed by atoms with van der Waals surface area (Å²) in [7, 11) is 0. The molecule has 0 bridgehead atoms. The highest BCUT2D eigenvalue weighted by Gasteiger charge is 2.17. The van der Waals surface area contributed by atoms with Gasteiger partial charge < -0.3 is 10.4 Å². The largest absolute Gasteiger partial charge is 0.387 e. The molecule has 1 atom stereocenters. The van der Waals surface area contributed by atoms with Crippen molar-refractivity contribution in [2.45, 2.75) is 13.0 Å². The molecule has 1 aromatic carbocycles. The number of hydrogen-bond acceptors (Lipinski definition) is 4. The van der Waals surface area contributed by atoms with Crippen LogP contribution in [0.25, 0.3) is 5.82 Å². The van der Waals surface area contributed by atoms with Crippen LogP contribution in [0.5, 0.6) is 0 Å². The fourth-order valence-electron chi connectivity index (χ4n) is 2.43. The third-order valence-corrected chi connectivity index (χ3v) is 3.83. The van der Waals surface area contributed by atoms with Crippen LogP contribution in [0.15, 0.2) is 54.9 Å². The third kappa shape index (κ3) is 3.72. The van der Waals surface area contributed by atoms with E-state index in [0.717, 1.165) is 0 Å². The lowest BCUT2D eigenvalue weighted by Gasteiger charge is -2.12. The highest BCUT2D eigenvalue weighted by Crippen LogP contribution is 2.14. The summed E-state index contributed by atoms with van der Waals surface area (Å²) in [6.45, 7) is 1.78. The van der Waals surface area contributed by atoms with Crippen LogP contribution in [0.1, 0.15) is 27.7 Å². The molecule has 0 spiro atoms. The van der Waals surface area contributed by atoms with Crippen molar-refractivity contribution in [1.82, 2.24) is 20.1 Å². The molecule has 0 aliphatic heterocycles. The van der Waals surface area contributed by atoms with Gasteiger partial charge in [0.05, 0.1) is 23.6 Å². The van der Waals surface area contributed by atoms with Crippen molar-refractivity contribution in [3.8, 4) is 5.82 Å². The number of aliphatic hydroxyl groups excluding tert-OH is 1. The molecule has 128 valence electrons. The van der Waals surface area contributed by atoms with Crippen LogP contribution < -0.4 is 5.32 Å². The molecule has 0 radical (unpaired) electrons. The summed E-state index contributed by atoms with van der Waals surface area (Å²) in [5.74, 6) is -0.108. The van der Waals surface area contributed by atoms with Gasteiger partial charge in [-0.15, -0.1) is 0 Å². The second-order valence-corrected chi connectivity index (χ2v) is 5.52. The molecule has 1 amide bonds. The summed E-state index contributed by atoms with van der Waals surface area (Å²) < 4.78 is 14.5. The Hall–Kier alpha value is -3.06. The van der Waals surface area contributed by atoms with E-state index in [9.17, 15) is 14.3 Å². The summed E-state index contributed by atoms with van der Waals surface area (Å²) in [5.41, 5.74) is 1.58. The lowest BCUT2D eigenvalue weighted by atomic mass is 10.1. The van der Waals surface area contributed by atoms with Crippen LogP contribution in [0.3, 0.4) is 0 Å². The Morgan fingerprint density at radius 2 is 2.04 bits per heavy atom. The monoisotopic (exact) mass is 340 g/mol. The number of carbonyl (C=O) groups excluding carboxylic acids is 1. The van der Waals surface area contributed by atoms with Gasteiger partial charge in [-0.25, -0.2) is 14.1 Å². The summed E-state index contributed by atoms with van der Waals surface area (Å²) >= 11 is 0. The molecule has 0 saturated carbocycles. The molecule has 3 rings (SSSR count). The number of rotatable bonds is 5. The standard InChI is InChI=1S/C18H17FN4O2/c1-12-15(10-22-23(12)17-4-2-3-9-20-17)18(25)21-11-16(24)13-5-7-14(19)8-6-13/h2-10,16,24H,11H2,1H3,(H,21,25). The van der Waals surface area contributed by atoms with Crippen molar-refractivity contribution in [3.63, 3.8) is 0 Å². The second-order valence-electron chi connectivity index (χ2n) is 5.52. The van der Waals surface area contributed by atoms with Gasteiger partial charge in [-0.3, -0.25) is 4.79 Å². The van der Waals surface area contributed by atoms with Gasteiger partial charge in [-0.2, -0.15) is 5.10 Å². The number of pyridine rings is 1. The lowest BCUT2D eigenvalue weighted by Crippen LogP contribution is -2.28. The molecule has 0 aliphatic carbocycles. The third-order valence-electron chi connectivity index (χ3n) is 3.83. The van der Waals surface area contributed by atoms with Crippen LogP contribution in [-0.4, -0.2) is 32.3 Å². The molecule has 3 aromatic rings. The van der Waals surface area contributed by atoms with Crippen LogP contribution in [0.4, 0.5) is 4.39 Å². The number of benzene rings is 1. The first-order chi connectivity index (χ1) is 12.1. The number of amides is 1. The number of aliphatic hydroxyl groups is 1. The molecule has 0 aliphatic rings. The van der Waals surface area contributed by atoms with E-state index in [1.807, 2.05) is 6.07 Å². The number of hydrogen-bond donors (Lipinski definition) is 2. The van der Waals surface area contributed by atoms with Gasteiger partial charge >= 0.3 is 0 Å². The van der Waals surface area contributed by atoms with Gasteiger partial charge in [0, 0.05) is 12.7 Å². The predicted octanol–water partition coefficient (Wildman–Crippen LogP) is 2.18. The first kappa shape index (κ1) is 16.8. The van der Waals surface area contributed by atoms with Crippen molar-refractivity contribution >= 4 is 5.91 Å². The SMILES string of the molecule is Cc1c(C(=O)NCC(O)c2ccc(F)cc2)cnn1-c1ccccn1. The Morgan fingerprint density at radius 3 is 2.72 bits per heavy atom. The summed E-state index contributed by atoms with van der Waals surface area (Å²) in [5, 5.41) is 16.9. The van der Waals surface area contributed by atoms with Crippen LogP contribution in [-0.2, 0) is 0 Å². The first-order valence-corrected chi connectivity index (χ1v) is 7.74. The zero-order valence-electron chi connectivity index (χ0n) is 13.6. The highest BCUT2D eigenvalue weighted by molar-refractivity contribution is 5.95. The summed E-state index contributed by atoms with van der Waals surface area (Å²) in [4.78, 5) is 16.5. The number of halogens is 1. The summed E-state index contributed by atoms with van der Waals surface area (Å²) in [6.07, 6.45) is 2.19. The van der Waals surface area contributed by atoms with E-state index in [0.29, 0.717) is 22.6 Å². The number of carbonyl (C=O) groups is 1. The maximum Gasteiger partial charge on any atom is 0.254 e. The minimum atomic E-state index is -0.921. The van der Waals surface area contributed by atoms with Gasteiger partial charge in [-0.05, 0) is 36.8 Å². The van der Waals surface area contributed by atoms with Gasteiger partial charge in [0.15, 0.2) is 5.82 Å². The molecule has 0 saturated heterocycles. The van der Waals surface area contributed by atoms with E-state index in [1.165, 1.54) is 30.5 Å². The Labute approximate surface area is 144 Å². The highest BCUT2D eigenvalue weighted by atomic mass is 19.1. The van der Waals surface area contributed by atoms with Crippen LogP contribution in [0, 0.1) is 12.7 Å². The molecular formula is C18H17FN4O2. The van der Waals surface area contributed by atoms with E-state index in [1.54, 1.807) is 29.9 Å². The molecular weight excluding hydrogens is 323 g/mol. The average molecular weight is 340 g/mol. The van der Waals surface area contributed by atoms with E-state index < -0.39 is 6.10 Å². The van der Waals surface area contributed by atoms with E-state index >= 15 is 0 Å². The first-order valence-electron chi connectivity index (χ1n) is 7.74. The molecule has 2 heterocycles. The fraction of sp³-hybridized carbons (Fsp3) is 0.167. The molecule has 25 heavy (non-hydrogen) atoms. The van der Waals surface area contributed by atoms with Crippen molar-refractivity contribution in [3.05, 3.63) is 77.5 Å². The maximum atomic E-state index is 12.9. The second kappa shape index (κ2) is 7.23. The normalized spacial score (nSPS) is 12.0. The predicted molar refractivity (Wildman–Crippen MR) is 89.8 cm³/mol. The Kier molecular flexibility index (Phi) is 4.85. The maximum absolute atomic E-state index is 12.9. The van der Waals surface area contributed by atoms with E-state index in [4.69, 9.17) is 0 Å². The minimum absolute atomic E-state index is 0.0126. The van der Waals surface area contributed by atoms with Crippen molar-refractivity contribution in [1.29, 1.82) is 0 Å². The van der Waals surface area contributed by atoms with E-state index in [-0.39, 0.29) is 18.3 Å². The number of nitrogens with one attached hydrogen (secondary N) is 1. The zero-order chi connectivity index (χ0) is 17.8. The average Bonchev–Trinajstić information content (AvgIpc) is 3.02. The van der Waals surface area contributed by atoms with Gasteiger partial charge in [0.2, 0.25) is 0 Å². The molecule has 2 N–H and O–H groups in total. The van der Waals surface area contributed by atoms with E-state index in [2.05, 4.69) is 15.4 Å². The van der Waals surface area contributed by atoms with Crippen LogP contribution >= 0.6 is 0 Å². The molecule has 0 fully saturated rings. The fourth-order valence-corrected chi connectivity index (χ4v) is 2.43. The van der Waals surface area contributed by atoms with Gasteiger partial charge in [0.1, 0.15) is 5.82 Å². The number of nitrogens with zero attached hydrogens (tertiary/aromatic N) is 3. The Morgan fingerprint density at radius 1 is 1.28 bits per heavy atom. The topological polar surface area (TPSA) is 80.0 Å². The molecule has 1 unspecified atom stereocenters. The quantitative estimate of drug-likeness (QED) is 0.746. The van der Waals surface area contributed by atoms with Crippen LogP contribution in [0.2, 0.25) is 0 Å². The zero-order valence-corrected chi connectivity index (χ0v) is 13.6. The smallest absolute Gasteiger partial charge is 0.254 e. The molecule has 7 heteroatoms. The Balaban J connectivity index is 1.68. The van der Waals surface area contributed by atoms with Crippen molar-refractivity contribution < 1.29 is 14.3 Å².